The smallest absolute Gasteiger partial charge is 0.146 e. The molecule has 0 saturated heterocycles. The average molecular weight is 92.5 g/mol. The molecule has 30 valence electrons. The molecule has 0 aliphatic carbocycles. The van der Waals surface area contributed by atoms with Crippen LogP contribution in [0.25, 0.3) is 0 Å². The van der Waals surface area contributed by atoms with E-state index in [9.17, 15) is 0 Å². The Bertz CT molecular complexity index is 33.9. The van der Waals surface area contributed by atoms with Gasteiger partial charge in [-0.2, -0.15) is 0 Å². The summed E-state index contributed by atoms with van der Waals surface area (Å²) in [6.45, 7) is 3.18. The summed E-state index contributed by atoms with van der Waals surface area (Å²) in [6, 6.07) is 0. The molecular weight excluding hydrogens is 87.5 g/mol. The maximum atomic E-state index is 8.01. The molecule has 0 heterocycles. The first kappa shape index (κ1) is 4.99. The summed E-state index contributed by atoms with van der Waals surface area (Å²) in [7, 11) is 0. The van der Waals surface area contributed by atoms with Crippen molar-refractivity contribution in [1.82, 2.24) is 0 Å². The van der Waals surface area contributed by atoms with Crippen LogP contribution in [0.15, 0.2) is 12.7 Å². The van der Waals surface area contributed by atoms with E-state index in [1.54, 1.807) is 0 Å². The van der Waals surface area contributed by atoms with Crippen molar-refractivity contribution >= 4 is 11.6 Å². The highest BCUT2D eigenvalue weighted by Gasteiger charge is 1.78. The molecule has 0 amide bonds. The third-order valence-corrected chi connectivity index (χ3v) is 0.373. The molecule has 0 spiro atoms. The van der Waals surface area contributed by atoms with E-state index in [1.807, 2.05) is 0 Å². The molecule has 0 aromatic heterocycles. The Labute approximate surface area is 35.9 Å². The van der Waals surface area contributed by atoms with Crippen molar-refractivity contribution < 1.29 is 5.11 Å². The third-order valence-electron chi connectivity index (χ3n) is 0.194. The van der Waals surface area contributed by atoms with Crippen LogP contribution in [0.3, 0.4) is 0 Å². The summed E-state index contributed by atoms with van der Waals surface area (Å²) in [5.41, 5.74) is -0.880. The highest BCUT2D eigenvalue weighted by atomic mass is 35.5. The van der Waals surface area contributed by atoms with E-state index in [0.717, 1.165) is 0 Å². The summed E-state index contributed by atoms with van der Waals surface area (Å²) in [5.74, 6) is 0. The maximum Gasteiger partial charge on any atom is 0.146 e. The molecule has 0 unspecified atom stereocenters. The summed E-state index contributed by atoms with van der Waals surface area (Å²) in [4.78, 5) is 0. The Morgan fingerprint density at radius 3 is 2.20 bits per heavy atom. The molecule has 0 rings (SSSR count). The molecule has 1 N–H and O–H groups in total. The molecule has 0 saturated carbocycles. The highest BCUT2D eigenvalue weighted by Crippen LogP contribution is 1.85. The summed E-state index contributed by atoms with van der Waals surface area (Å²) < 4.78 is 0. The molecule has 1 atom stereocenters. The van der Waals surface area contributed by atoms with Crippen molar-refractivity contribution in [3.63, 3.8) is 0 Å². The molecule has 0 bridgehead atoms. The second-order valence-electron chi connectivity index (χ2n) is 0.608. The topological polar surface area (TPSA) is 20.2 Å². The van der Waals surface area contributed by atoms with Crippen LogP contribution in [0, 0.1) is 0 Å². The van der Waals surface area contributed by atoms with Crippen LogP contribution in [0.1, 0.15) is 0 Å². The second kappa shape index (κ2) is 2.24. The Kier molecular flexibility index (Phi) is 2.24. The zero-order valence-electron chi connectivity index (χ0n) is 2.69. The summed E-state index contributed by atoms with van der Waals surface area (Å²) in [6.07, 6.45) is 1.24. The molecular formula is C3H5ClO. The van der Waals surface area contributed by atoms with Crippen LogP contribution in [-0.4, -0.2) is 10.7 Å². The first-order chi connectivity index (χ1) is 2.27. The summed E-state index contributed by atoms with van der Waals surface area (Å²) in [5, 5.41) is 8.01. The fourth-order valence-corrected chi connectivity index (χ4v) is 0. The lowest BCUT2D eigenvalue weighted by atomic mass is 10.7. The number of aliphatic hydroxyl groups excluding tert-OH is 1. The fourth-order valence-electron chi connectivity index (χ4n) is 0. The van der Waals surface area contributed by atoms with E-state index >= 15 is 0 Å². The van der Waals surface area contributed by atoms with Gasteiger partial charge in [0.2, 0.25) is 0 Å². The number of aliphatic hydroxyl groups is 1. The van der Waals surface area contributed by atoms with Crippen molar-refractivity contribution in [1.29, 1.82) is 0 Å². The quantitative estimate of drug-likeness (QED) is 0.374. The lowest BCUT2D eigenvalue weighted by Gasteiger charge is -1.81. The molecule has 5 heavy (non-hydrogen) atoms. The zero-order valence-corrected chi connectivity index (χ0v) is 3.44. The number of halogens is 1. The van der Waals surface area contributed by atoms with Gasteiger partial charge in [-0.1, -0.05) is 18.2 Å². The Hall–Kier alpha value is -0.0100. The van der Waals surface area contributed by atoms with Crippen molar-refractivity contribution in [2.75, 3.05) is 0 Å². The van der Waals surface area contributed by atoms with Crippen molar-refractivity contribution in [3.05, 3.63) is 12.7 Å². The lowest BCUT2D eigenvalue weighted by molar-refractivity contribution is 0.303. The van der Waals surface area contributed by atoms with Gasteiger partial charge in [0.25, 0.3) is 0 Å². The van der Waals surface area contributed by atoms with E-state index in [0.29, 0.717) is 0 Å². The van der Waals surface area contributed by atoms with Crippen molar-refractivity contribution in [3.8, 4) is 0 Å². The largest absolute Gasteiger partial charge is 0.374 e. The Morgan fingerprint density at radius 2 is 2.20 bits per heavy atom. The predicted molar refractivity (Wildman–Crippen MR) is 22.1 cm³/mol. The highest BCUT2D eigenvalue weighted by molar-refractivity contribution is 6.20. The first-order valence-corrected chi connectivity index (χ1v) is 1.65. The van der Waals surface area contributed by atoms with E-state index < -0.39 is 5.56 Å². The van der Waals surface area contributed by atoms with Gasteiger partial charge in [0, 0.05) is 0 Å². The van der Waals surface area contributed by atoms with Crippen LogP contribution in [0.2, 0.25) is 0 Å². The SMILES string of the molecule is C=C[C@H](O)Cl. The number of hydrogen-bond donors (Lipinski definition) is 1. The van der Waals surface area contributed by atoms with Gasteiger partial charge in [-0.15, -0.1) is 0 Å². The number of rotatable bonds is 1. The average Bonchev–Trinajstić information content (AvgIpc) is 1.38. The molecule has 0 fully saturated rings. The third kappa shape index (κ3) is 3.99. The molecule has 0 aliphatic heterocycles. The number of alkyl halides is 1. The minimum Gasteiger partial charge on any atom is -0.374 e. The molecule has 0 aliphatic rings. The van der Waals surface area contributed by atoms with E-state index in [4.69, 9.17) is 16.7 Å². The van der Waals surface area contributed by atoms with Gasteiger partial charge in [-0.05, 0) is 6.08 Å². The second-order valence-corrected chi connectivity index (χ2v) is 1.06. The molecule has 0 radical (unpaired) electrons. The van der Waals surface area contributed by atoms with Gasteiger partial charge in [0.15, 0.2) is 0 Å². The molecule has 1 nitrogen and oxygen atoms in total. The van der Waals surface area contributed by atoms with Gasteiger partial charge in [0.05, 0.1) is 0 Å². The minimum absolute atomic E-state index is 0.880. The van der Waals surface area contributed by atoms with Crippen LogP contribution in [0.4, 0.5) is 0 Å². The van der Waals surface area contributed by atoms with Gasteiger partial charge < -0.3 is 5.11 Å². The van der Waals surface area contributed by atoms with Crippen molar-refractivity contribution in [2.24, 2.45) is 0 Å². The van der Waals surface area contributed by atoms with E-state index in [1.165, 1.54) is 6.08 Å². The van der Waals surface area contributed by atoms with Gasteiger partial charge in [0.1, 0.15) is 5.56 Å². The van der Waals surface area contributed by atoms with Crippen LogP contribution < -0.4 is 0 Å². The fraction of sp³-hybridized carbons (Fsp3) is 0.333. The van der Waals surface area contributed by atoms with Crippen LogP contribution >= 0.6 is 11.6 Å². The van der Waals surface area contributed by atoms with Crippen LogP contribution in [-0.2, 0) is 0 Å². The van der Waals surface area contributed by atoms with Gasteiger partial charge >= 0.3 is 0 Å². The lowest BCUT2D eigenvalue weighted by Crippen LogP contribution is -1.83. The predicted octanol–water partition coefficient (Wildman–Crippen LogP) is 0.730. The normalized spacial score (nSPS) is 14.0. The maximum absolute atomic E-state index is 8.01. The monoisotopic (exact) mass is 92.0 g/mol. The number of hydrogen-bond acceptors (Lipinski definition) is 1. The standard InChI is InChI=1S/C3H5ClO/c1-2-3(4)5/h2-3,5H,1H2/t3-/m0/s1. The van der Waals surface area contributed by atoms with Crippen LogP contribution in [0.5, 0.6) is 0 Å². The Balaban J connectivity index is 2.83. The molecule has 0 aromatic rings. The van der Waals surface area contributed by atoms with E-state index in [-0.39, 0.29) is 0 Å². The van der Waals surface area contributed by atoms with Gasteiger partial charge in [-0.25, -0.2) is 0 Å². The Morgan fingerprint density at radius 1 is 2.00 bits per heavy atom. The van der Waals surface area contributed by atoms with Gasteiger partial charge in [-0.3, -0.25) is 0 Å². The minimum atomic E-state index is -0.880. The summed E-state index contributed by atoms with van der Waals surface area (Å²) >= 11 is 4.90. The molecule has 2 heteroatoms. The first-order valence-electron chi connectivity index (χ1n) is 1.22. The zero-order chi connectivity index (χ0) is 4.28. The van der Waals surface area contributed by atoms with Crippen molar-refractivity contribution in [2.45, 2.75) is 5.56 Å². The van der Waals surface area contributed by atoms with E-state index in [2.05, 4.69) is 6.58 Å². The molecule has 0 aromatic carbocycles.